The minimum absolute atomic E-state index is 0.0338. The number of hydrogen-bond acceptors (Lipinski definition) is 3. The topological polar surface area (TPSA) is 66.5 Å². The number of carbonyl (C=O) groups is 1. The third-order valence-corrected chi connectivity index (χ3v) is 7.14. The molecule has 0 fully saturated rings. The van der Waals surface area contributed by atoms with E-state index >= 15 is 0 Å². The van der Waals surface area contributed by atoms with Crippen LogP contribution in [0.25, 0.3) is 0 Å². The molecule has 0 radical (unpaired) electrons. The Balaban J connectivity index is 1.93. The zero-order valence-electron chi connectivity index (χ0n) is 16.2. The van der Waals surface area contributed by atoms with Crippen molar-refractivity contribution in [1.29, 1.82) is 0 Å². The number of sulfonamides is 1. The predicted molar refractivity (Wildman–Crippen MR) is 120 cm³/mol. The van der Waals surface area contributed by atoms with E-state index in [0.717, 1.165) is 22.5 Å². The highest BCUT2D eigenvalue weighted by Gasteiger charge is 2.28. The Kier molecular flexibility index (Phi) is 7.74. The van der Waals surface area contributed by atoms with Crippen LogP contribution in [-0.2, 0) is 21.4 Å². The summed E-state index contributed by atoms with van der Waals surface area (Å²) < 4.78 is 54.0. The first-order valence-corrected chi connectivity index (χ1v) is 11.6. The Labute approximate surface area is 198 Å². The number of hydrogen-bond donors (Lipinski definition) is 1. The first kappa shape index (κ1) is 24.4. The minimum atomic E-state index is -4.19. The Hall–Kier alpha value is -2.23. The number of nitrogens with zero attached hydrogens (tertiary/aromatic N) is 1. The van der Waals surface area contributed by atoms with Crippen molar-refractivity contribution >= 4 is 56.4 Å². The first-order chi connectivity index (χ1) is 15.1. The molecule has 32 heavy (non-hydrogen) atoms. The summed E-state index contributed by atoms with van der Waals surface area (Å²) in [6.45, 7) is -0.958. The van der Waals surface area contributed by atoms with Gasteiger partial charge in [-0.25, -0.2) is 17.2 Å². The zero-order chi connectivity index (χ0) is 23.5. The zero-order valence-corrected chi connectivity index (χ0v) is 19.2. The summed E-state index contributed by atoms with van der Waals surface area (Å²) in [5.74, 6) is -3.02. The molecular formula is C21H15Cl3F2N2O3S. The van der Waals surface area contributed by atoms with Gasteiger partial charge in [0.25, 0.3) is 0 Å². The summed E-state index contributed by atoms with van der Waals surface area (Å²) in [4.78, 5) is 12.5. The molecule has 3 aromatic rings. The van der Waals surface area contributed by atoms with Gasteiger partial charge < -0.3 is 5.32 Å². The fourth-order valence-corrected chi connectivity index (χ4v) is 4.78. The average Bonchev–Trinajstić information content (AvgIpc) is 2.73. The monoisotopic (exact) mass is 518 g/mol. The van der Waals surface area contributed by atoms with E-state index < -0.39 is 34.1 Å². The van der Waals surface area contributed by atoms with E-state index in [-0.39, 0.29) is 27.2 Å². The van der Waals surface area contributed by atoms with Crippen LogP contribution >= 0.6 is 34.8 Å². The van der Waals surface area contributed by atoms with Gasteiger partial charge in [-0.3, -0.25) is 4.79 Å². The van der Waals surface area contributed by atoms with Gasteiger partial charge in [-0.15, -0.1) is 0 Å². The molecule has 0 spiro atoms. The fraction of sp³-hybridized carbons (Fsp3) is 0.0952. The lowest BCUT2D eigenvalue weighted by atomic mass is 10.2. The van der Waals surface area contributed by atoms with Crippen LogP contribution in [0, 0.1) is 11.6 Å². The SMILES string of the molecule is O=C(CN(Cc1c(Cl)cccc1Cl)S(=O)(=O)c1ccc(Cl)cc1)Nc1ccc(F)c(F)c1. The normalized spacial score (nSPS) is 11.6. The Morgan fingerprint density at radius 3 is 2.12 bits per heavy atom. The smallest absolute Gasteiger partial charge is 0.243 e. The second-order valence-corrected chi connectivity index (χ2v) is 9.79. The van der Waals surface area contributed by atoms with E-state index in [1.165, 1.54) is 36.4 Å². The third-order valence-electron chi connectivity index (χ3n) is 4.37. The third kappa shape index (κ3) is 5.76. The van der Waals surface area contributed by atoms with Gasteiger partial charge in [0.1, 0.15) is 0 Å². The van der Waals surface area contributed by atoms with Gasteiger partial charge in [0, 0.05) is 38.9 Å². The summed E-state index contributed by atoms with van der Waals surface area (Å²) in [6.07, 6.45) is 0. The maximum absolute atomic E-state index is 13.4. The molecule has 11 heteroatoms. The lowest BCUT2D eigenvalue weighted by Gasteiger charge is -2.23. The highest BCUT2D eigenvalue weighted by atomic mass is 35.5. The van der Waals surface area contributed by atoms with Gasteiger partial charge in [0.05, 0.1) is 11.4 Å². The van der Waals surface area contributed by atoms with Crippen LogP contribution in [0.4, 0.5) is 14.5 Å². The van der Waals surface area contributed by atoms with Crippen molar-refractivity contribution in [3.8, 4) is 0 Å². The Bertz CT molecular complexity index is 1240. The van der Waals surface area contributed by atoms with E-state index in [9.17, 15) is 22.0 Å². The Morgan fingerprint density at radius 1 is 0.906 bits per heavy atom. The number of carbonyl (C=O) groups excluding carboxylic acids is 1. The van der Waals surface area contributed by atoms with E-state index in [4.69, 9.17) is 34.8 Å². The second kappa shape index (κ2) is 10.1. The van der Waals surface area contributed by atoms with Crippen LogP contribution in [-0.4, -0.2) is 25.2 Å². The van der Waals surface area contributed by atoms with Gasteiger partial charge >= 0.3 is 0 Å². The van der Waals surface area contributed by atoms with E-state index in [1.54, 1.807) is 6.07 Å². The highest BCUT2D eigenvalue weighted by molar-refractivity contribution is 7.89. The van der Waals surface area contributed by atoms with Crippen molar-refractivity contribution in [2.24, 2.45) is 0 Å². The molecule has 0 unspecified atom stereocenters. The number of rotatable bonds is 7. The minimum Gasteiger partial charge on any atom is -0.325 e. The number of halogens is 5. The molecule has 5 nitrogen and oxygen atoms in total. The van der Waals surface area contributed by atoms with E-state index in [1.807, 2.05) is 0 Å². The van der Waals surface area contributed by atoms with Crippen LogP contribution in [0.3, 0.4) is 0 Å². The van der Waals surface area contributed by atoms with E-state index in [0.29, 0.717) is 10.6 Å². The summed E-state index contributed by atoms with van der Waals surface area (Å²) in [6, 6.07) is 12.9. The number of anilines is 1. The van der Waals surface area contributed by atoms with Gasteiger partial charge in [-0.05, 0) is 48.5 Å². The maximum atomic E-state index is 13.4. The quantitative estimate of drug-likeness (QED) is 0.432. The molecule has 3 rings (SSSR count). The van der Waals surface area contributed by atoms with Gasteiger partial charge in [0.15, 0.2) is 11.6 Å². The highest BCUT2D eigenvalue weighted by Crippen LogP contribution is 2.28. The second-order valence-electron chi connectivity index (χ2n) is 6.60. The van der Waals surface area contributed by atoms with Crippen LogP contribution in [0.5, 0.6) is 0 Å². The van der Waals surface area contributed by atoms with Crippen molar-refractivity contribution in [1.82, 2.24) is 4.31 Å². The molecule has 0 aliphatic rings. The van der Waals surface area contributed by atoms with Crippen LogP contribution in [0.1, 0.15) is 5.56 Å². The van der Waals surface area contributed by atoms with Crippen LogP contribution < -0.4 is 5.32 Å². The van der Waals surface area contributed by atoms with Crippen LogP contribution in [0.2, 0.25) is 15.1 Å². The molecule has 0 heterocycles. The summed E-state index contributed by atoms with van der Waals surface area (Å²) >= 11 is 18.2. The lowest BCUT2D eigenvalue weighted by Crippen LogP contribution is -2.37. The molecule has 0 saturated heterocycles. The van der Waals surface area contributed by atoms with Crippen molar-refractivity contribution < 1.29 is 22.0 Å². The van der Waals surface area contributed by atoms with Gasteiger partial charge in [-0.2, -0.15) is 4.31 Å². The Morgan fingerprint density at radius 2 is 1.53 bits per heavy atom. The summed E-state index contributed by atoms with van der Waals surface area (Å²) in [5.41, 5.74) is 0.266. The molecule has 168 valence electrons. The molecule has 0 bridgehead atoms. The van der Waals surface area contributed by atoms with Crippen LogP contribution in [0.15, 0.2) is 65.6 Å². The van der Waals surface area contributed by atoms with Gasteiger partial charge in [-0.1, -0.05) is 40.9 Å². The van der Waals surface area contributed by atoms with Gasteiger partial charge in [0.2, 0.25) is 15.9 Å². The molecule has 0 aromatic heterocycles. The van der Waals surface area contributed by atoms with E-state index in [2.05, 4.69) is 5.32 Å². The number of benzene rings is 3. The van der Waals surface area contributed by atoms with Crippen molar-refractivity contribution in [2.45, 2.75) is 11.4 Å². The largest absolute Gasteiger partial charge is 0.325 e. The number of nitrogens with one attached hydrogen (secondary N) is 1. The molecule has 1 N–H and O–H groups in total. The number of amides is 1. The predicted octanol–water partition coefficient (Wildman–Crippen LogP) is 5.75. The lowest BCUT2D eigenvalue weighted by molar-refractivity contribution is -0.116. The van der Waals surface area contributed by atoms with Crippen molar-refractivity contribution in [3.05, 3.63) is 92.9 Å². The molecular weight excluding hydrogens is 505 g/mol. The first-order valence-electron chi connectivity index (χ1n) is 9.01. The molecule has 0 aliphatic carbocycles. The molecule has 1 amide bonds. The maximum Gasteiger partial charge on any atom is 0.243 e. The van der Waals surface area contributed by atoms with Crippen molar-refractivity contribution in [2.75, 3.05) is 11.9 Å². The molecule has 0 atom stereocenters. The molecule has 3 aromatic carbocycles. The van der Waals surface area contributed by atoms with Crippen molar-refractivity contribution in [3.63, 3.8) is 0 Å². The standard InChI is InChI=1S/C21H15Cl3F2N2O3S/c22-13-4-7-15(8-5-13)32(30,31)28(11-16-17(23)2-1-3-18(16)24)12-21(29)27-14-6-9-19(25)20(26)10-14/h1-10H,11-12H2,(H,27,29). The fourth-order valence-electron chi connectivity index (χ4n) is 2.78. The summed E-state index contributed by atoms with van der Waals surface area (Å²) in [7, 11) is -4.19. The molecule has 0 aliphatic heterocycles. The molecule has 0 saturated carbocycles. The summed E-state index contributed by atoms with van der Waals surface area (Å²) in [5, 5.41) is 3.12. The average molecular weight is 520 g/mol.